The van der Waals surface area contributed by atoms with Crippen molar-refractivity contribution in [1.29, 1.82) is 0 Å². The van der Waals surface area contributed by atoms with Crippen LogP contribution in [0.25, 0.3) is 22.0 Å². The van der Waals surface area contributed by atoms with Crippen LogP contribution >= 0.6 is 0 Å². The molecule has 0 aliphatic rings. The van der Waals surface area contributed by atoms with Crippen LogP contribution in [0.15, 0.2) is 36.4 Å². The number of nitrogens with one attached hydrogen (secondary N) is 2. The summed E-state index contributed by atoms with van der Waals surface area (Å²) in [5.74, 6) is -0.202. The van der Waals surface area contributed by atoms with Crippen molar-refractivity contribution in [1.82, 2.24) is 10.2 Å². The largest absolute Gasteiger partial charge is 0.465 e. The lowest BCUT2D eigenvalue weighted by atomic mass is 10.0. The van der Waals surface area contributed by atoms with Gasteiger partial charge >= 0.3 is 6.09 Å². The Morgan fingerprint density at radius 3 is 2.62 bits per heavy atom. The second-order valence-electron chi connectivity index (χ2n) is 4.47. The number of aromatic amines is 1. The number of nitrogens with zero attached hydrogens (tertiary/aromatic N) is 1. The van der Waals surface area contributed by atoms with E-state index in [4.69, 9.17) is 10.8 Å². The van der Waals surface area contributed by atoms with Gasteiger partial charge in [-0.05, 0) is 23.8 Å². The molecule has 5 N–H and O–H groups in total. The van der Waals surface area contributed by atoms with Crippen LogP contribution in [0.3, 0.4) is 0 Å². The molecule has 6 nitrogen and oxygen atoms in total. The zero-order valence-corrected chi connectivity index (χ0v) is 10.7. The predicted octanol–water partition coefficient (Wildman–Crippen LogP) is 3.04. The smallest absolute Gasteiger partial charge is 0.409 e. The van der Waals surface area contributed by atoms with Crippen molar-refractivity contribution in [3.05, 3.63) is 42.2 Å². The monoisotopic (exact) mass is 286 g/mol. The second kappa shape index (κ2) is 4.78. The first-order valence-electron chi connectivity index (χ1n) is 6.08. The molecule has 7 heteroatoms. The van der Waals surface area contributed by atoms with Crippen LogP contribution in [-0.4, -0.2) is 21.4 Å². The normalized spacial score (nSPS) is 10.7. The number of H-pyrrole nitrogens is 1. The Kier molecular flexibility index (Phi) is 2.94. The second-order valence-corrected chi connectivity index (χ2v) is 4.47. The van der Waals surface area contributed by atoms with Crippen molar-refractivity contribution in [2.75, 3.05) is 11.1 Å². The van der Waals surface area contributed by atoms with Gasteiger partial charge in [0.15, 0.2) is 11.6 Å². The maximum absolute atomic E-state index is 14.4. The van der Waals surface area contributed by atoms with Crippen LogP contribution in [0.5, 0.6) is 0 Å². The average molecular weight is 286 g/mol. The molecule has 0 fully saturated rings. The summed E-state index contributed by atoms with van der Waals surface area (Å²) in [4.78, 5) is 10.5. The van der Waals surface area contributed by atoms with Gasteiger partial charge in [-0.2, -0.15) is 5.10 Å². The molecule has 0 aliphatic heterocycles. The summed E-state index contributed by atoms with van der Waals surface area (Å²) >= 11 is 0. The third-order valence-corrected chi connectivity index (χ3v) is 3.15. The minimum atomic E-state index is -1.15. The van der Waals surface area contributed by atoms with Gasteiger partial charge in [0, 0.05) is 16.6 Å². The van der Waals surface area contributed by atoms with Crippen LogP contribution in [0.4, 0.5) is 20.7 Å². The summed E-state index contributed by atoms with van der Waals surface area (Å²) in [6, 6.07) is 9.70. The highest BCUT2D eigenvalue weighted by molar-refractivity contribution is 5.92. The Morgan fingerprint density at radius 2 is 1.95 bits per heavy atom. The molecule has 0 radical (unpaired) electrons. The van der Waals surface area contributed by atoms with E-state index in [0.29, 0.717) is 22.2 Å². The molecule has 0 spiro atoms. The molecule has 106 valence electrons. The summed E-state index contributed by atoms with van der Waals surface area (Å²) in [7, 11) is 0. The van der Waals surface area contributed by atoms with Gasteiger partial charge < -0.3 is 10.8 Å². The maximum Gasteiger partial charge on any atom is 0.409 e. The van der Waals surface area contributed by atoms with Gasteiger partial charge in [0.25, 0.3) is 0 Å². The highest BCUT2D eigenvalue weighted by atomic mass is 19.1. The van der Waals surface area contributed by atoms with Crippen LogP contribution in [0, 0.1) is 5.82 Å². The van der Waals surface area contributed by atoms with Crippen LogP contribution in [0.1, 0.15) is 0 Å². The van der Waals surface area contributed by atoms with E-state index in [1.54, 1.807) is 36.4 Å². The predicted molar refractivity (Wildman–Crippen MR) is 77.5 cm³/mol. The number of rotatable bonds is 2. The number of carboxylic acid groups (broad SMARTS) is 1. The zero-order valence-electron chi connectivity index (χ0n) is 10.7. The summed E-state index contributed by atoms with van der Waals surface area (Å²) in [6.45, 7) is 0. The summed E-state index contributed by atoms with van der Waals surface area (Å²) in [5, 5.41) is 17.7. The number of amides is 1. The molecule has 0 saturated heterocycles. The van der Waals surface area contributed by atoms with Crippen molar-refractivity contribution in [3.8, 4) is 11.1 Å². The fraction of sp³-hybridized carbons (Fsp3) is 0. The van der Waals surface area contributed by atoms with E-state index in [1.807, 2.05) is 0 Å². The van der Waals surface area contributed by atoms with Crippen LogP contribution < -0.4 is 11.1 Å². The van der Waals surface area contributed by atoms with Gasteiger partial charge in [0.1, 0.15) is 5.52 Å². The number of benzene rings is 2. The molecule has 0 aliphatic carbocycles. The number of fused-ring (bicyclic) bond motifs is 1. The lowest BCUT2D eigenvalue weighted by Crippen LogP contribution is -2.06. The minimum Gasteiger partial charge on any atom is -0.465 e. The molecule has 1 amide bonds. The average Bonchev–Trinajstić information content (AvgIpc) is 2.82. The van der Waals surface area contributed by atoms with Gasteiger partial charge in [0.2, 0.25) is 0 Å². The number of halogens is 1. The SMILES string of the molecule is Nc1n[nH]c2c(F)c(-c3ccc(NC(=O)O)cc3)ccc12. The lowest BCUT2D eigenvalue weighted by molar-refractivity contribution is 0.210. The number of carbonyl (C=O) groups is 1. The molecule has 2 aromatic carbocycles. The van der Waals surface area contributed by atoms with Crippen molar-refractivity contribution in [2.45, 2.75) is 0 Å². The molecule has 0 bridgehead atoms. The first kappa shape index (κ1) is 12.9. The zero-order chi connectivity index (χ0) is 15.0. The van der Waals surface area contributed by atoms with Gasteiger partial charge in [-0.3, -0.25) is 10.4 Å². The van der Waals surface area contributed by atoms with E-state index in [1.165, 1.54) is 0 Å². The topological polar surface area (TPSA) is 104 Å². The first-order valence-corrected chi connectivity index (χ1v) is 6.08. The van der Waals surface area contributed by atoms with Gasteiger partial charge in [0.05, 0.1) is 0 Å². The lowest BCUT2D eigenvalue weighted by Gasteiger charge is -2.06. The van der Waals surface area contributed by atoms with Crippen molar-refractivity contribution in [2.24, 2.45) is 0 Å². The molecule has 3 rings (SSSR count). The van der Waals surface area contributed by atoms with E-state index in [0.717, 1.165) is 0 Å². The van der Waals surface area contributed by atoms with E-state index in [9.17, 15) is 9.18 Å². The molecule has 1 aromatic heterocycles. The van der Waals surface area contributed by atoms with E-state index < -0.39 is 11.9 Å². The Morgan fingerprint density at radius 1 is 1.24 bits per heavy atom. The van der Waals surface area contributed by atoms with Crippen LogP contribution in [-0.2, 0) is 0 Å². The first-order chi connectivity index (χ1) is 10.1. The molecule has 0 unspecified atom stereocenters. The Balaban J connectivity index is 2.04. The number of hydrogen-bond donors (Lipinski definition) is 4. The molecule has 21 heavy (non-hydrogen) atoms. The highest BCUT2D eigenvalue weighted by Crippen LogP contribution is 2.30. The molecular formula is C14H11FN4O2. The van der Waals surface area contributed by atoms with Gasteiger partial charge in [-0.25, -0.2) is 9.18 Å². The summed E-state index contributed by atoms with van der Waals surface area (Å²) in [5.41, 5.74) is 7.30. The van der Waals surface area contributed by atoms with Crippen LogP contribution in [0.2, 0.25) is 0 Å². The Hall–Kier alpha value is -3.09. The standard InChI is InChI=1S/C14H11FN4O2/c15-11-9(5-6-10-12(11)18-19-13(10)16)7-1-3-8(4-2-7)17-14(20)21/h1-6,17H,(H,20,21)(H3,16,18,19). The summed E-state index contributed by atoms with van der Waals surface area (Å²) in [6.07, 6.45) is -1.15. The molecule has 0 atom stereocenters. The maximum atomic E-state index is 14.4. The number of nitrogens with two attached hydrogens (primary N) is 1. The quantitative estimate of drug-likeness (QED) is 0.581. The van der Waals surface area contributed by atoms with Crippen molar-refractivity contribution >= 4 is 28.5 Å². The third kappa shape index (κ3) is 2.25. The molecule has 1 heterocycles. The van der Waals surface area contributed by atoms with Crippen molar-refractivity contribution < 1.29 is 14.3 Å². The van der Waals surface area contributed by atoms with Gasteiger partial charge in [-0.1, -0.05) is 18.2 Å². The fourth-order valence-electron chi connectivity index (χ4n) is 2.15. The number of nitrogen functional groups attached to an aromatic ring is 1. The van der Waals surface area contributed by atoms with Crippen molar-refractivity contribution in [3.63, 3.8) is 0 Å². The highest BCUT2D eigenvalue weighted by Gasteiger charge is 2.13. The van der Waals surface area contributed by atoms with E-state index in [2.05, 4.69) is 15.5 Å². The summed E-state index contributed by atoms with van der Waals surface area (Å²) < 4.78 is 14.4. The minimum absolute atomic E-state index is 0.247. The Bertz CT molecular complexity index is 827. The Labute approximate surface area is 118 Å². The van der Waals surface area contributed by atoms with E-state index in [-0.39, 0.29) is 11.3 Å². The number of anilines is 2. The van der Waals surface area contributed by atoms with E-state index >= 15 is 0 Å². The molecule has 0 saturated carbocycles. The third-order valence-electron chi connectivity index (χ3n) is 3.15. The molecule has 3 aromatic rings. The fourth-order valence-corrected chi connectivity index (χ4v) is 2.15. The molecular weight excluding hydrogens is 275 g/mol. The number of aromatic nitrogens is 2. The number of hydrogen-bond acceptors (Lipinski definition) is 3. The van der Waals surface area contributed by atoms with Gasteiger partial charge in [-0.15, -0.1) is 0 Å².